The van der Waals surface area contributed by atoms with Crippen molar-refractivity contribution in [3.05, 3.63) is 65.2 Å². The molecule has 0 aliphatic carbocycles. The van der Waals surface area contributed by atoms with Gasteiger partial charge in [-0.1, -0.05) is 24.3 Å². The van der Waals surface area contributed by atoms with Gasteiger partial charge in [-0.3, -0.25) is 14.5 Å². The predicted octanol–water partition coefficient (Wildman–Crippen LogP) is 3.80. The molecule has 2 heterocycles. The van der Waals surface area contributed by atoms with Gasteiger partial charge in [-0.25, -0.2) is 4.79 Å². The van der Waals surface area contributed by atoms with Crippen LogP contribution in [0.4, 0.5) is 0 Å². The molecule has 156 valence electrons. The van der Waals surface area contributed by atoms with Crippen molar-refractivity contribution in [2.24, 2.45) is 0 Å². The summed E-state index contributed by atoms with van der Waals surface area (Å²) < 4.78 is 11.1. The Bertz CT molecular complexity index is 919. The number of fused-ring (bicyclic) bond motifs is 1. The quantitative estimate of drug-likeness (QED) is 0.277. The summed E-state index contributed by atoms with van der Waals surface area (Å²) >= 11 is 1.60. The summed E-state index contributed by atoms with van der Waals surface area (Å²) in [7, 11) is 0. The van der Waals surface area contributed by atoms with Crippen molar-refractivity contribution in [1.29, 1.82) is 0 Å². The first kappa shape index (κ1) is 20.6. The Morgan fingerprint density at radius 2 is 1.77 bits per heavy atom. The third-order valence-corrected chi connectivity index (χ3v) is 6.40. The number of ether oxygens (including phenoxy) is 2. The number of benzene rings is 2. The lowest BCUT2D eigenvalue weighted by Gasteiger charge is -2.14. The highest BCUT2D eigenvalue weighted by atomic mass is 32.2. The van der Waals surface area contributed by atoms with Crippen LogP contribution < -0.4 is 0 Å². The van der Waals surface area contributed by atoms with E-state index in [4.69, 9.17) is 9.47 Å². The van der Waals surface area contributed by atoms with Gasteiger partial charge in [0.05, 0.1) is 29.4 Å². The normalized spacial score (nSPS) is 18.0. The van der Waals surface area contributed by atoms with Crippen LogP contribution in [0.3, 0.4) is 0 Å². The van der Waals surface area contributed by atoms with Crippen LogP contribution in [0.25, 0.3) is 0 Å². The van der Waals surface area contributed by atoms with Crippen molar-refractivity contribution in [3.63, 3.8) is 0 Å². The molecule has 7 heteroatoms. The fourth-order valence-corrected chi connectivity index (χ4v) is 4.74. The Hall–Kier alpha value is -2.64. The van der Waals surface area contributed by atoms with Gasteiger partial charge in [0.1, 0.15) is 0 Å². The maximum atomic E-state index is 12.6. The van der Waals surface area contributed by atoms with Gasteiger partial charge in [0.2, 0.25) is 0 Å². The summed E-state index contributed by atoms with van der Waals surface area (Å²) in [6.45, 7) is 1.16. The largest absolute Gasteiger partial charge is 0.462 e. The van der Waals surface area contributed by atoms with Crippen LogP contribution in [0.15, 0.2) is 53.4 Å². The molecule has 2 amide bonds. The minimum atomic E-state index is -0.396. The molecule has 2 aromatic carbocycles. The topological polar surface area (TPSA) is 72.9 Å². The molecule has 2 aromatic rings. The molecule has 0 radical (unpaired) electrons. The minimum Gasteiger partial charge on any atom is -0.462 e. The van der Waals surface area contributed by atoms with Crippen LogP contribution in [0.5, 0.6) is 0 Å². The number of esters is 1. The molecule has 0 saturated carbocycles. The molecule has 30 heavy (non-hydrogen) atoms. The van der Waals surface area contributed by atoms with E-state index in [1.54, 1.807) is 42.1 Å². The molecule has 6 nitrogen and oxygen atoms in total. The second kappa shape index (κ2) is 9.45. The van der Waals surface area contributed by atoms with Gasteiger partial charge < -0.3 is 9.47 Å². The number of hydrogen-bond acceptors (Lipinski definition) is 6. The molecule has 1 atom stereocenters. The number of nitrogens with zero attached hydrogens (tertiary/aromatic N) is 1. The Labute approximate surface area is 179 Å². The molecule has 4 rings (SSSR count). The maximum absolute atomic E-state index is 12.6. The van der Waals surface area contributed by atoms with Crippen molar-refractivity contribution in [2.45, 2.75) is 30.3 Å². The van der Waals surface area contributed by atoms with E-state index in [1.165, 1.54) is 4.90 Å². The minimum absolute atomic E-state index is 0.136. The smallest absolute Gasteiger partial charge is 0.339 e. The van der Waals surface area contributed by atoms with E-state index in [1.807, 2.05) is 18.2 Å². The van der Waals surface area contributed by atoms with Crippen LogP contribution in [-0.4, -0.2) is 54.3 Å². The number of thioether (sulfide) groups is 1. The lowest BCUT2D eigenvalue weighted by molar-refractivity contribution is 0.0478. The highest BCUT2D eigenvalue weighted by molar-refractivity contribution is 7.99. The molecule has 0 bridgehead atoms. The number of carbonyl (C=O) groups excluding carboxylic acids is 3. The highest BCUT2D eigenvalue weighted by Gasteiger charge is 2.34. The number of carbonyl (C=O) groups is 3. The number of amides is 2. The van der Waals surface area contributed by atoms with E-state index in [0.717, 1.165) is 30.1 Å². The zero-order chi connectivity index (χ0) is 20.9. The average Bonchev–Trinajstić information content (AvgIpc) is 3.38. The Morgan fingerprint density at radius 3 is 2.47 bits per heavy atom. The van der Waals surface area contributed by atoms with E-state index in [0.29, 0.717) is 23.1 Å². The molecule has 2 aliphatic heterocycles. The maximum Gasteiger partial charge on any atom is 0.339 e. The van der Waals surface area contributed by atoms with Gasteiger partial charge in [-0.15, -0.1) is 11.8 Å². The van der Waals surface area contributed by atoms with Gasteiger partial charge >= 0.3 is 5.97 Å². The first-order valence-electron chi connectivity index (χ1n) is 10.1. The zero-order valence-electron chi connectivity index (χ0n) is 16.5. The monoisotopic (exact) mass is 425 g/mol. The third kappa shape index (κ3) is 4.42. The summed E-state index contributed by atoms with van der Waals surface area (Å²) in [6, 6.07) is 14.2. The van der Waals surface area contributed by atoms with Crippen molar-refractivity contribution in [3.8, 4) is 0 Å². The Balaban J connectivity index is 1.27. The Kier molecular flexibility index (Phi) is 6.50. The van der Waals surface area contributed by atoms with E-state index >= 15 is 0 Å². The van der Waals surface area contributed by atoms with E-state index < -0.39 is 5.97 Å². The summed E-state index contributed by atoms with van der Waals surface area (Å²) in [5.74, 6) is -0.173. The van der Waals surface area contributed by atoms with Crippen LogP contribution in [0, 0.1) is 0 Å². The van der Waals surface area contributed by atoms with Crippen LogP contribution in [-0.2, 0) is 9.47 Å². The van der Waals surface area contributed by atoms with Crippen molar-refractivity contribution >= 4 is 29.5 Å². The standard InChI is InChI=1S/C23H23NO5S/c25-21-17-8-1-2-9-18(17)22(26)24(21)12-6-14-29-23(27)19-10-3-4-11-20(19)30-15-16-7-5-13-28-16/h1-4,8-11,16H,5-7,12-15H2. The number of imide groups is 1. The van der Waals surface area contributed by atoms with E-state index in [9.17, 15) is 14.4 Å². The first-order chi connectivity index (χ1) is 14.6. The van der Waals surface area contributed by atoms with Gasteiger partial charge in [0, 0.05) is 23.8 Å². The number of hydrogen-bond donors (Lipinski definition) is 0. The molecule has 0 aromatic heterocycles. The molecule has 2 aliphatic rings. The predicted molar refractivity (Wildman–Crippen MR) is 113 cm³/mol. The summed E-state index contributed by atoms with van der Waals surface area (Å²) in [5, 5.41) is 0. The van der Waals surface area contributed by atoms with Gasteiger partial charge in [-0.05, 0) is 43.5 Å². The SMILES string of the molecule is O=C(OCCCN1C(=O)c2ccccc2C1=O)c1ccccc1SCC1CCCO1. The molecule has 1 unspecified atom stereocenters. The summed E-state index contributed by atoms with van der Waals surface area (Å²) in [4.78, 5) is 39.4. The fraction of sp³-hybridized carbons (Fsp3) is 0.348. The van der Waals surface area contributed by atoms with Gasteiger partial charge in [0.25, 0.3) is 11.8 Å². The van der Waals surface area contributed by atoms with Gasteiger partial charge in [0.15, 0.2) is 0 Å². The van der Waals surface area contributed by atoms with Crippen LogP contribution >= 0.6 is 11.8 Å². The summed E-state index contributed by atoms with van der Waals surface area (Å²) in [6.07, 6.45) is 2.76. The van der Waals surface area contributed by atoms with Crippen LogP contribution in [0.1, 0.15) is 50.3 Å². The second-order valence-corrected chi connectivity index (χ2v) is 8.30. The van der Waals surface area contributed by atoms with E-state index in [2.05, 4.69) is 0 Å². The van der Waals surface area contributed by atoms with E-state index in [-0.39, 0.29) is 31.1 Å². The van der Waals surface area contributed by atoms with Crippen molar-refractivity contribution in [1.82, 2.24) is 4.90 Å². The Morgan fingerprint density at radius 1 is 1.07 bits per heavy atom. The lowest BCUT2D eigenvalue weighted by Crippen LogP contribution is -2.31. The van der Waals surface area contributed by atoms with Gasteiger partial charge in [-0.2, -0.15) is 0 Å². The molecule has 1 fully saturated rings. The van der Waals surface area contributed by atoms with Crippen LogP contribution in [0.2, 0.25) is 0 Å². The van der Waals surface area contributed by atoms with Crippen molar-refractivity contribution in [2.75, 3.05) is 25.5 Å². The summed E-state index contributed by atoms with van der Waals surface area (Å²) in [5.41, 5.74) is 1.38. The molecular weight excluding hydrogens is 402 g/mol. The number of rotatable bonds is 8. The molecule has 0 spiro atoms. The second-order valence-electron chi connectivity index (χ2n) is 7.24. The molecule has 0 N–H and O–H groups in total. The highest BCUT2D eigenvalue weighted by Crippen LogP contribution is 2.27. The third-order valence-electron chi connectivity index (χ3n) is 5.19. The fourth-order valence-electron chi connectivity index (χ4n) is 3.63. The molecule has 1 saturated heterocycles. The first-order valence-corrected chi connectivity index (χ1v) is 11.1. The zero-order valence-corrected chi connectivity index (χ0v) is 17.4. The van der Waals surface area contributed by atoms with Crippen molar-refractivity contribution < 1.29 is 23.9 Å². The lowest BCUT2D eigenvalue weighted by atomic mass is 10.1. The molecular formula is C23H23NO5S. The average molecular weight is 426 g/mol.